The van der Waals surface area contributed by atoms with Gasteiger partial charge in [-0.05, 0) is 19.3 Å². The molecule has 0 saturated heterocycles. The van der Waals surface area contributed by atoms with E-state index >= 15 is 0 Å². The average Bonchev–Trinajstić information content (AvgIpc) is 2.45. The Bertz CT molecular complexity index is 255. The molecule has 3 N–H and O–H groups in total. The van der Waals surface area contributed by atoms with Crippen molar-refractivity contribution in [3.63, 3.8) is 0 Å². The van der Waals surface area contributed by atoms with Crippen LogP contribution in [0.4, 0.5) is 0 Å². The van der Waals surface area contributed by atoms with Crippen molar-refractivity contribution in [1.29, 1.82) is 0 Å². The van der Waals surface area contributed by atoms with Crippen LogP contribution in [0.25, 0.3) is 0 Å². The normalized spacial score (nSPS) is 14.0. The first-order valence-corrected chi connectivity index (χ1v) is 9.14. The second-order valence-electron chi connectivity index (χ2n) is 6.45. The maximum absolute atomic E-state index is 10.4. The van der Waals surface area contributed by atoms with Gasteiger partial charge in [0.25, 0.3) is 0 Å². The van der Waals surface area contributed by atoms with Gasteiger partial charge in [0.05, 0.1) is 18.6 Å². The van der Waals surface area contributed by atoms with Crippen LogP contribution in [0.2, 0.25) is 0 Å². The average molecular weight is 316 g/mol. The molecule has 0 bridgehead atoms. The lowest BCUT2D eigenvalue weighted by atomic mass is 10.0. The third-order valence-corrected chi connectivity index (χ3v) is 4.13. The largest absolute Gasteiger partial charge is 0.481 e. The highest BCUT2D eigenvalue weighted by atomic mass is 16.4. The fourth-order valence-electron chi connectivity index (χ4n) is 2.72. The molecule has 0 aromatic rings. The minimum Gasteiger partial charge on any atom is -0.481 e. The summed E-state index contributed by atoms with van der Waals surface area (Å²) in [6, 6.07) is 0. The smallest absolute Gasteiger partial charge is 0.305 e. The summed E-state index contributed by atoms with van der Waals surface area (Å²) in [4.78, 5) is 10.4. The third-order valence-electron chi connectivity index (χ3n) is 4.13. The van der Waals surface area contributed by atoms with Gasteiger partial charge in [-0.2, -0.15) is 0 Å². The Morgan fingerprint density at radius 1 is 0.727 bits per heavy atom. The van der Waals surface area contributed by atoms with E-state index in [1.54, 1.807) is 0 Å². The van der Waals surface area contributed by atoms with Crippen LogP contribution in [0.3, 0.4) is 0 Å². The number of aliphatic carboxylic acids is 1. The molecular formula is C18H36O4. The van der Waals surface area contributed by atoms with E-state index in [1.165, 1.54) is 32.1 Å². The Hall–Kier alpha value is -0.610. The highest BCUT2D eigenvalue weighted by molar-refractivity contribution is 5.67. The molecule has 0 aliphatic rings. The minimum atomic E-state index is -0.940. The molecule has 2 atom stereocenters. The van der Waals surface area contributed by atoms with Gasteiger partial charge in [-0.1, -0.05) is 71.1 Å². The van der Waals surface area contributed by atoms with E-state index in [-0.39, 0.29) is 12.5 Å². The third kappa shape index (κ3) is 15.8. The molecule has 0 fully saturated rings. The molecule has 132 valence electrons. The van der Waals surface area contributed by atoms with Crippen molar-refractivity contribution in [2.45, 2.75) is 109 Å². The SMILES string of the molecule is CCCCCCCCC(O)CCCCCCC(O)CC(=O)O. The van der Waals surface area contributed by atoms with Gasteiger partial charge >= 0.3 is 5.97 Å². The molecule has 0 amide bonds. The lowest BCUT2D eigenvalue weighted by Crippen LogP contribution is -2.12. The van der Waals surface area contributed by atoms with Gasteiger partial charge in [0.2, 0.25) is 0 Å². The van der Waals surface area contributed by atoms with Gasteiger partial charge in [0, 0.05) is 0 Å². The Labute approximate surface area is 135 Å². The molecule has 0 rings (SSSR count). The number of rotatable bonds is 16. The number of carbonyl (C=O) groups is 1. The molecule has 4 nitrogen and oxygen atoms in total. The zero-order valence-electron chi connectivity index (χ0n) is 14.3. The maximum atomic E-state index is 10.4. The summed E-state index contributed by atoms with van der Waals surface area (Å²) in [5, 5.41) is 27.8. The van der Waals surface area contributed by atoms with Crippen LogP contribution in [-0.2, 0) is 4.79 Å². The van der Waals surface area contributed by atoms with Crippen LogP contribution in [0, 0.1) is 0 Å². The molecule has 0 saturated carbocycles. The molecule has 4 heteroatoms. The van der Waals surface area contributed by atoms with Crippen LogP contribution in [0.5, 0.6) is 0 Å². The number of aliphatic hydroxyl groups is 2. The Morgan fingerprint density at radius 3 is 1.59 bits per heavy atom. The van der Waals surface area contributed by atoms with E-state index in [4.69, 9.17) is 5.11 Å². The first-order chi connectivity index (χ1) is 10.6. The molecule has 0 heterocycles. The van der Waals surface area contributed by atoms with Crippen molar-refractivity contribution >= 4 is 5.97 Å². The predicted octanol–water partition coefficient (Wildman–Crippen LogP) is 4.27. The summed E-state index contributed by atoms with van der Waals surface area (Å²) in [5.41, 5.74) is 0. The van der Waals surface area contributed by atoms with Crippen molar-refractivity contribution < 1.29 is 20.1 Å². The first kappa shape index (κ1) is 21.4. The zero-order chi connectivity index (χ0) is 16.6. The summed E-state index contributed by atoms with van der Waals surface area (Å²) in [6.45, 7) is 2.22. The van der Waals surface area contributed by atoms with Crippen molar-refractivity contribution in [2.24, 2.45) is 0 Å². The van der Waals surface area contributed by atoms with Crippen LogP contribution in [-0.4, -0.2) is 33.5 Å². The summed E-state index contributed by atoms with van der Waals surface area (Å²) in [7, 11) is 0. The molecule has 0 aliphatic heterocycles. The van der Waals surface area contributed by atoms with Crippen molar-refractivity contribution in [1.82, 2.24) is 0 Å². The van der Waals surface area contributed by atoms with Gasteiger partial charge in [-0.15, -0.1) is 0 Å². The lowest BCUT2D eigenvalue weighted by Gasteiger charge is -2.11. The van der Waals surface area contributed by atoms with Crippen LogP contribution in [0.1, 0.15) is 96.8 Å². The van der Waals surface area contributed by atoms with E-state index in [2.05, 4.69) is 6.92 Å². The molecule has 22 heavy (non-hydrogen) atoms. The number of aliphatic hydroxyl groups excluding tert-OH is 2. The Kier molecular flexibility index (Phi) is 14.9. The Balaban J connectivity index is 3.27. The van der Waals surface area contributed by atoms with Gasteiger partial charge in [0.1, 0.15) is 0 Å². The molecule has 2 unspecified atom stereocenters. The number of hydrogen-bond donors (Lipinski definition) is 3. The monoisotopic (exact) mass is 316 g/mol. The number of unbranched alkanes of at least 4 members (excludes halogenated alkanes) is 8. The van der Waals surface area contributed by atoms with Gasteiger partial charge in [-0.25, -0.2) is 0 Å². The van der Waals surface area contributed by atoms with Gasteiger partial charge in [-0.3, -0.25) is 4.79 Å². The second-order valence-corrected chi connectivity index (χ2v) is 6.45. The summed E-state index contributed by atoms with van der Waals surface area (Å²) < 4.78 is 0. The first-order valence-electron chi connectivity index (χ1n) is 9.14. The highest BCUT2D eigenvalue weighted by Gasteiger charge is 2.09. The summed E-state index contributed by atoms with van der Waals surface area (Å²) >= 11 is 0. The van der Waals surface area contributed by atoms with Crippen molar-refractivity contribution in [3.8, 4) is 0 Å². The standard InChI is InChI=1S/C18H36O4/c1-2-3-4-5-6-9-12-16(19)13-10-7-8-11-14-17(20)15-18(21)22/h16-17,19-20H,2-15H2,1H3,(H,21,22). The summed E-state index contributed by atoms with van der Waals surface area (Å²) in [5.74, 6) is -0.940. The Morgan fingerprint density at radius 2 is 1.14 bits per heavy atom. The van der Waals surface area contributed by atoms with Crippen LogP contribution >= 0.6 is 0 Å². The quantitative estimate of drug-likeness (QED) is 0.371. The van der Waals surface area contributed by atoms with E-state index in [0.717, 1.165) is 44.9 Å². The zero-order valence-corrected chi connectivity index (χ0v) is 14.3. The number of hydrogen-bond acceptors (Lipinski definition) is 3. The number of carboxylic acid groups (broad SMARTS) is 1. The lowest BCUT2D eigenvalue weighted by molar-refractivity contribution is -0.139. The fourth-order valence-corrected chi connectivity index (χ4v) is 2.72. The fraction of sp³-hybridized carbons (Fsp3) is 0.944. The molecule has 0 aromatic heterocycles. The van der Waals surface area contributed by atoms with Crippen molar-refractivity contribution in [2.75, 3.05) is 0 Å². The molecule has 0 aliphatic carbocycles. The second kappa shape index (κ2) is 15.3. The van der Waals surface area contributed by atoms with Gasteiger partial charge < -0.3 is 15.3 Å². The van der Waals surface area contributed by atoms with Crippen LogP contribution < -0.4 is 0 Å². The maximum Gasteiger partial charge on any atom is 0.305 e. The molecule has 0 spiro atoms. The highest BCUT2D eigenvalue weighted by Crippen LogP contribution is 2.14. The van der Waals surface area contributed by atoms with Crippen molar-refractivity contribution in [3.05, 3.63) is 0 Å². The molecule has 0 aromatic carbocycles. The minimum absolute atomic E-state index is 0.156. The predicted molar refractivity (Wildman–Crippen MR) is 90.0 cm³/mol. The van der Waals surface area contributed by atoms with Crippen LogP contribution in [0.15, 0.2) is 0 Å². The molecular weight excluding hydrogens is 280 g/mol. The topological polar surface area (TPSA) is 77.8 Å². The van der Waals surface area contributed by atoms with E-state index < -0.39 is 12.1 Å². The van der Waals surface area contributed by atoms with E-state index in [1.807, 2.05) is 0 Å². The summed E-state index contributed by atoms with van der Waals surface area (Å²) in [6.07, 6.45) is 12.8. The van der Waals surface area contributed by atoms with E-state index in [0.29, 0.717) is 6.42 Å². The van der Waals surface area contributed by atoms with Gasteiger partial charge in [0.15, 0.2) is 0 Å². The number of carboxylic acids is 1. The van der Waals surface area contributed by atoms with E-state index in [9.17, 15) is 15.0 Å². The molecule has 0 radical (unpaired) electrons.